The van der Waals surface area contributed by atoms with Gasteiger partial charge in [-0.1, -0.05) is 6.92 Å². The normalized spacial score (nSPS) is 12.8. The summed E-state index contributed by atoms with van der Waals surface area (Å²) in [7, 11) is 0. The van der Waals surface area contributed by atoms with Gasteiger partial charge in [-0.3, -0.25) is 4.79 Å². The van der Waals surface area contributed by atoms with E-state index in [0.717, 1.165) is 17.9 Å². The average molecular weight is 253 g/mol. The first-order chi connectivity index (χ1) is 8.22. The molecule has 0 bridgehead atoms. The minimum Gasteiger partial charge on any atom is -0.465 e. The lowest BCUT2D eigenvalue weighted by atomic mass is 10.2. The Morgan fingerprint density at radius 3 is 3.12 bits per heavy atom. The third kappa shape index (κ3) is 6.22. The van der Waals surface area contributed by atoms with E-state index >= 15 is 0 Å². The number of nitrogens with one attached hydrogen (secondary N) is 1. The SMILES string of the molecule is CCSCC[C@H](C)NC(=O)/C=C/c1ccco1. The first kappa shape index (κ1) is 13.9. The van der Waals surface area contributed by atoms with Gasteiger partial charge in [0.05, 0.1) is 6.26 Å². The maximum absolute atomic E-state index is 11.5. The Balaban J connectivity index is 2.24. The van der Waals surface area contributed by atoms with Gasteiger partial charge < -0.3 is 9.73 Å². The fourth-order valence-corrected chi connectivity index (χ4v) is 2.12. The molecule has 1 amide bonds. The van der Waals surface area contributed by atoms with Crippen LogP contribution in [-0.2, 0) is 4.79 Å². The minimum absolute atomic E-state index is 0.0737. The van der Waals surface area contributed by atoms with Gasteiger partial charge in [-0.2, -0.15) is 11.8 Å². The predicted molar refractivity (Wildman–Crippen MR) is 73.0 cm³/mol. The number of carbonyl (C=O) groups excluding carboxylic acids is 1. The second kappa shape index (κ2) is 8.01. The van der Waals surface area contributed by atoms with Gasteiger partial charge in [0.1, 0.15) is 5.76 Å². The van der Waals surface area contributed by atoms with E-state index in [2.05, 4.69) is 12.2 Å². The quantitative estimate of drug-likeness (QED) is 0.600. The van der Waals surface area contributed by atoms with Crippen molar-refractivity contribution in [2.45, 2.75) is 26.3 Å². The van der Waals surface area contributed by atoms with E-state index in [0.29, 0.717) is 5.76 Å². The van der Waals surface area contributed by atoms with E-state index in [1.807, 2.05) is 24.8 Å². The lowest BCUT2D eigenvalue weighted by molar-refractivity contribution is -0.117. The van der Waals surface area contributed by atoms with Crippen molar-refractivity contribution in [3.63, 3.8) is 0 Å². The van der Waals surface area contributed by atoms with Crippen molar-refractivity contribution in [2.24, 2.45) is 0 Å². The maximum Gasteiger partial charge on any atom is 0.244 e. The van der Waals surface area contributed by atoms with Crippen LogP contribution in [0.5, 0.6) is 0 Å². The largest absolute Gasteiger partial charge is 0.465 e. The smallest absolute Gasteiger partial charge is 0.244 e. The molecule has 4 heteroatoms. The summed E-state index contributed by atoms with van der Waals surface area (Å²) >= 11 is 1.89. The van der Waals surface area contributed by atoms with Crippen LogP contribution in [0.25, 0.3) is 6.08 Å². The van der Waals surface area contributed by atoms with Crippen LogP contribution >= 0.6 is 11.8 Å². The van der Waals surface area contributed by atoms with E-state index < -0.39 is 0 Å². The lowest BCUT2D eigenvalue weighted by Gasteiger charge is -2.11. The van der Waals surface area contributed by atoms with Gasteiger partial charge >= 0.3 is 0 Å². The molecule has 1 aromatic heterocycles. The van der Waals surface area contributed by atoms with Crippen LogP contribution < -0.4 is 5.32 Å². The van der Waals surface area contributed by atoms with Gasteiger partial charge in [0.2, 0.25) is 5.91 Å². The molecule has 1 aromatic rings. The van der Waals surface area contributed by atoms with Crippen molar-refractivity contribution in [1.29, 1.82) is 0 Å². The maximum atomic E-state index is 11.5. The summed E-state index contributed by atoms with van der Waals surface area (Å²) in [5, 5.41) is 2.92. The monoisotopic (exact) mass is 253 g/mol. The Morgan fingerprint density at radius 2 is 2.47 bits per heavy atom. The molecule has 3 nitrogen and oxygen atoms in total. The number of furan rings is 1. The Hall–Kier alpha value is -1.16. The van der Waals surface area contributed by atoms with E-state index in [-0.39, 0.29) is 11.9 Å². The number of hydrogen-bond donors (Lipinski definition) is 1. The highest BCUT2D eigenvalue weighted by Gasteiger charge is 2.04. The molecule has 0 radical (unpaired) electrons. The zero-order chi connectivity index (χ0) is 12.5. The van der Waals surface area contributed by atoms with E-state index in [9.17, 15) is 4.79 Å². The van der Waals surface area contributed by atoms with Crippen LogP contribution in [0.4, 0.5) is 0 Å². The molecule has 1 heterocycles. The van der Waals surface area contributed by atoms with Gasteiger partial charge in [0.15, 0.2) is 0 Å². The predicted octanol–water partition coefficient (Wildman–Crippen LogP) is 2.94. The van der Waals surface area contributed by atoms with Crippen molar-refractivity contribution in [2.75, 3.05) is 11.5 Å². The molecule has 0 aliphatic rings. The fraction of sp³-hybridized carbons (Fsp3) is 0.462. The Bertz CT molecular complexity index is 346. The molecule has 0 aliphatic heterocycles. The van der Waals surface area contributed by atoms with Crippen LogP contribution in [0, 0.1) is 0 Å². The fourth-order valence-electron chi connectivity index (χ4n) is 1.31. The van der Waals surface area contributed by atoms with E-state index in [1.165, 1.54) is 6.08 Å². The summed E-state index contributed by atoms with van der Waals surface area (Å²) in [4.78, 5) is 11.5. The molecule has 1 N–H and O–H groups in total. The van der Waals surface area contributed by atoms with Crippen LogP contribution in [0.2, 0.25) is 0 Å². The van der Waals surface area contributed by atoms with Crippen LogP contribution in [0.3, 0.4) is 0 Å². The number of rotatable bonds is 7. The molecule has 0 saturated heterocycles. The highest BCUT2D eigenvalue weighted by Crippen LogP contribution is 2.04. The second-order valence-electron chi connectivity index (χ2n) is 3.74. The molecule has 0 aliphatic carbocycles. The first-order valence-corrected chi connectivity index (χ1v) is 6.97. The Kier molecular flexibility index (Phi) is 6.55. The molecule has 94 valence electrons. The minimum atomic E-state index is -0.0737. The molecular weight excluding hydrogens is 234 g/mol. The molecular formula is C13H19NO2S. The zero-order valence-corrected chi connectivity index (χ0v) is 11.1. The zero-order valence-electron chi connectivity index (χ0n) is 10.3. The van der Waals surface area contributed by atoms with E-state index in [1.54, 1.807) is 18.4 Å². The van der Waals surface area contributed by atoms with Crippen molar-refractivity contribution < 1.29 is 9.21 Å². The molecule has 0 aromatic carbocycles. The number of hydrogen-bond acceptors (Lipinski definition) is 3. The molecule has 0 spiro atoms. The lowest BCUT2D eigenvalue weighted by Crippen LogP contribution is -2.31. The summed E-state index contributed by atoms with van der Waals surface area (Å²) in [6.45, 7) is 4.16. The number of amides is 1. The van der Waals surface area contributed by atoms with Crippen LogP contribution in [0.1, 0.15) is 26.0 Å². The average Bonchev–Trinajstić information content (AvgIpc) is 2.79. The van der Waals surface area contributed by atoms with Crippen LogP contribution in [0.15, 0.2) is 28.9 Å². The Labute approximate surface area is 107 Å². The Morgan fingerprint density at radius 1 is 1.65 bits per heavy atom. The highest BCUT2D eigenvalue weighted by atomic mass is 32.2. The van der Waals surface area contributed by atoms with Crippen molar-refractivity contribution in [3.8, 4) is 0 Å². The summed E-state index contributed by atoms with van der Waals surface area (Å²) in [6, 6.07) is 3.82. The summed E-state index contributed by atoms with van der Waals surface area (Å²) in [6.07, 6.45) is 5.76. The molecule has 17 heavy (non-hydrogen) atoms. The molecule has 0 unspecified atom stereocenters. The molecule has 0 fully saturated rings. The highest BCUT2D eigenvalue weighted by molar-refractivity contribution is 7.99. The van der Waals surface area contributed by atoms with Gasteiger partial charge in [-0.15, -0.1) is 0 Å². The third-order valence-electron chi connectivity index (χ3n) is 2.23. The van der Waals surface area contributed by atoms with Gasteiger partial charge in [0.25, 0.3) is 0 Å². The molecule has 0 saturated carbocycles. The topological polar surface area (TPSA) is 42.2 Å². The van der Waals surface area contributed by atoms with Gasteiger partial charge in [-0.25, -0.2) is 0 Å². The van der Waals surface area contributed by atoms with Crippen LogP contribution in [-0.4, -0.2) is 23.5 Å². The number of thioether (sulfide) groups is 1. The number of carbonyl (C=O) groups is 1. The molecule has 1 atom stereocenters. The van der Waals surface area contributed by atoms with E-state index in [4.69, 9.17) is 4.42 Å². The van der Waals surface area contributed by atoms with Gasteiger partial charge in [0, 0.05) is 12.1 Å². The first-order valence-electron chi connectivity index (χ1n) is 5.82. The summed E-state index contributed by atoms with van der Waals surface area (Å²) < 4.78 is 5.10. The third-order valence-corrected chi connectivity index (χ3v) is 3.16. The standard InChI is InChI=1S/C13H19NO2S/c1-3-17-10-8-11(2)14-13(15)7-6-12-5-4-9-16-12/h4-7,9,11H,3,8,10H2,1-2H3,(H,14,15)/b7-6+/t11-/m0/s1. The van der Waals surface area contributed by atoms with Crippen molar-refractivity contribution >= 4 is 23.7 Å². The molecule has 1 rings (SSSR count). The summed E-state index contributed by atoms with van der Waals surface area (Å²) in [5.41, 5.74) is 0. The van der Waals surface area contributed by atoms with Crippen molar-refractivity contribution in [3.05, 3.63) is 30.2 Å². The second-order valence-corrected chi connectivity index (χ2v) is 5.14. The van der Waals surface area contributed by atoms with Crippen molar-refractivity contribution in [1.82, 2.24) is 5.32 Å². The summed E-state index contributed by atoms with van der Waals surface area (Å²) in [5.74, 6) is 2.82. The van der Waals surface area contributed by atoms with Gasteiger partial charge in [-0.05, 0) is 43.1 Å².